The quantitative estimate of drug-likeness (QED) is 0.775. The van der Waals surface area contributed by atoms with Crippen LogP contribution in [0.25, 0.3) is 11.5 Å². The number of hydrogen-bond acceptors (Lipinski definition) is 4. The number of hydrogen-bond donors (Lipinski definition) is 2. The van der Waals surface area contributed by atoms with Gasteiger partial charge in [-0.05, 0) is 29.8 Å². The zero-order valence-electron chi connectivity index (χ0n) is 10.5. The zero-order chi connectivity index (χ0) is 13.9. The normalized spacial score (nSPS) is 12.3. The largest absolute Gasteiger partial charge is 0.318 e. The Hall–Kier alpha value is -2.24. The van der Waals surface area contributed by atoms with Gasteiger partial charge >= 0.3 is 0 Å². The first-order chi connectivity index (χ1) is 9.74. The van der Waals surface area contributed by atoms with Gasteiger partial charge < -0.3 is 5.73 Å². The van der Waals surface area contributed by atoms with Crippen molar-refractivity contribution >= 4 is 11.6 Å². The van der Waals surface area contributed by atoms with Gasteiger partial charge in [-0.2, -0.15) is 5.10 Å². The SMILES string of the molecule is N[C@@H](c1ccc(Cl)cc1)c1nc(-c2ccccn2)n[nH]1. The van der Waals surface area contributed by atoms with Crippen LogP contribution < -0.4 is 5.73 Å². The summed E-state index contributed by atoms with van der Waals surface area (Å²) in [5, 5.41) is 7.68. The standard InChI is InChI=1S/C14H12ClN5/c15-10-6-4-9(5-7-10)12(16)14-18-13(19-20-14)11-3-1-2-8-17-11/h1-8,12H,16H2,(H,18,19,20)/t12-/m0/s1. The van der Waals surface area contributed by atoms with Crippen LogP contribution in [0.2, 0.25) is 5.02 Å². The number of halogens is 1. The van der Waals surface area contributed by atoms with Crippen molar-refractivity contribution in [3.8, 4) is 11.5 Å². The van der Waals surface area contributed by atoms with Crippen LogP contribution in [-0.2, 0) is 0 Å². The van der Waals surface area contributed by atoms with Crippen molar-refractivity contribution < 1.29 is 0 Å². The summed E-state index contributed by atoms with van der Waals surface area (Å²) >= 11 is 5.86. The molecule has 0 saturated heterocycles. The summed E-state index contributed by atoms with van der Waals surface area (Å²) in [6.45, 7) is 0. The van der Waals surface area contributed by atoms with Crippen LogP contribution in [0.4, 0.5) is 0 Å². The van der Waals surface area contributed by atoms with E-state index in [1.165, 1.54) is 0 Å². The molecule has 0 unspecified atom stereocenters. The molecule has 0 aliphatic heterocycles. The van der Waals surface area contributed by atoms with Gasteiger partial charge in [0.25, 0.3) is 0 Å². The van der Waals surface area contributed by atoms with E-state index < -0.39 is 0 Å². The fraction of sp³-hybridized carbons (Fsp3) is 0.0714. The first-order valence-electron chi connectivity index (χ1n) is 6.09. The molecule has 0 fully saturated rings. The third-order valence-corrected chi connectivity index (χ3v) is 3.17. The predicted molar refractivity (Wildman–Crippen MR) is 77.1 cm³/mol. The van der Waals surface area contributed by atoms with Crippen molar-refractivity contribution in [3.05, 3.63) is 65.1 Å². The van der Waals surface area contributed by atoms with Crippen LogP contribution in [-0.4, -0.2) is 20.2 Å². The first-order valence-corrected chi connectivity index (χ1v) is 6.46. The van der Waals surface area contributed by atoms with E-state index in [0.717, 1.165) is 5.56 Å². The Morgan fingerprint density at radius 2 is 1.90 bits per heavy atom. The summed E-state index contributed by atoms with van der Waals surface area (Å²) in [7, 11) is 0. The van der Waals surface area contributed by atoms with Gasteiger partial charge in [0.2, 0.25) is 0 Å². The van der Waals surface area contributed by atoms with Crippen LogP contribution in [0.15, 0.2) is 48.7 Å². The van der Waals surface area contributed by atoms with Gasteiger partial charge in [-0.3, -0.25) is 10.1 Å². The lowest BCUT2D eigenvalue weighted by molar-refractivity contribution is 0.787. The number of nitrogens with one attached hydrogen (secondary N) is 1. The third-order valence-electron chi connectivity index (χ3n) is 2.92. The maximum absolute atomic E-state index is 6.16. The molecule has 0 aliphatic carbocycles. The summed E-state index contributed by atoms with van der Waals surface area (Å²) in [5.41, 5.74) is 7.78. The van der Waals surface area contributed by atoms with Crippen LogP contribution in [0, 0.1) is 0 Å². The fourth-order valence-corrected chi connectivity index (χ4v) is 1.98. The predicted octanol–water partition coefficient (Wildman–Crippen LogP) is 2.57. The molecule has 0 radical (unpaired) electrons. The Kier molecular flexibility index (Phi) is 3.45. The Bertz CT molecular complexity index is 693. The molecule has 1 atom stereocenters. The molecule has 5 nitrogen and oxygen atoms in total. The molecule has 100 valence electrons. The molecule has 0 saturated carbocycles. The number of nitrogens with two attached hydrogens (primary N) is 1. The summed E-state index contributed by atoms with van der Waals surface area (Å²) in [5.74, 6) is 1.12. The summed E-state index contributed by atoms with van der Waals surface area (Å²) in [4.78, 5) is 8.59. The number of rotatable bonds is 3. The molecule has 0 bridgehead atoms. The first kappa shape index (κ1) is 12.8. The highest BCUT2D eigenvalue weighted by atomic mass is 35.5. The minimum atomic E-state index is -0.378. The number of aromatic amines is 1. The lowest BCUT2D eigenvalue weighted by Crippen LogP contribution is -2.13. The Labute approximate surface area is 120 Å². The Morgan fingerprint density at radius 3 is 2.60 bits per heavy atom. The van der Waals surface area contributed by atoms with E-state index in [1.54, 1.807) is 18.3 Å². The van der Waals surface area contributed by atoms with Gasteiger partial charge in [0, 0.05) is 11.2 Å². The third kappa shape index (κ3) is 2.54. The summed E-state index contributed by atoms with van der Waals surface area (Å²) < 4.78 is 0. The molecular formula is C14H12ClN5. The topological polar surface area (TPSA) is 80.5 Å². The molecule has 2 heterocycles. The average molecular weight is 286 g/mol. The van der Waals surface area contributed by atoms with Crippen molar-refractivity contribution in [3.63, 3.8) is 0 Å². The van der Waals surface area contributed by atoms with Gasteiger partial charge in [0.05, 0.1) is 6.04 Å². The molecule has 0 spiro atoms. The van der Waals surface area contributed by atoms with Crippen LogP contribution in [0.3, 0.4) is 0 Å². The van der Waals surface area contributed by atoms with E-state index in [0.29, 0.717) is 22.4 Å². The van der Waals surface area contributed by atoms with Gasteiger partial charge in [-0.15, -0.1) is 0 Å². The molecule has 0 amide bonds. The highest BCUT2D eigenvalue weighted by Crippen LogP contribution is 2.20. The van der Waals surface area contributed by atoms with Crippen LogP contribution >= 0.6 is 11.6 Å². The zero-order valence-corrected chi connectivity index (χ0v) is 11.2. The van der Waals surface area contributed by atoms with E-state index in [1.807, 2.05) is 30.3 Å². The average Bonchev–Trinajstić information content (AvgIpc) is 2.98. The highest BCUT2D eigenvalue weighted by Gasteiger charge is 2.15. The van der Waals surface area contributed by atoms with Gasteiger partial charge in [-0.1, -0.05) is 29.8 Å². The van der Waals surface area contributed by atoms with Crippen molar-refractivity contribution in [2.24, 2.45) is 5.73 Å². The lowest BCUT2D eigenvalue weighted by atomic mass is 10.1. The minimum absolute atomic E-state index is 0.378. The monoisotopic (exact) mass is 285 g/mol. The molecule has 3 aromatic rings. The van der Waals surface area contributed by atoms with E-state index in [2.05, 4.69) is 20.2 Å². The maximum Gasteiger partial charge on any atom is 0.199 e. The lowest BCUT2D eigenvalue weighted by Gasteiger charge is -2.08. The second kappa shape index (κ2) is 5.40. The van der Waals surface area contributed by atoms with Gasteiger partial charge in [0.1, 0.15) is 11.5 Å². The Balaban J connectivity index is 1.88. The Morgan fingerprint density at radius 1 is 1.10 bits per heavy atom. The fourth-order valence-electron chi connectivity index (χ4n) is 1.85. The van der Waals surface area contributed by atoms with E-state index in [-0.39, 0.29) is 6.04 Å². The van der Waals surface area contributed by atoms with E-state index >= 15 is 0 Å². The second-order valence-electron chi connectivity index (χ2n) is 4.29. The van der Waals surface area contributed by atoms with Crippen LogP contribution in [0.1, 0.15) is 17.4 Å². The van der Waals surface area contributed by atoms with Crippen molar-refractivity contribution in [1.82, 2.24) is 20.2 Å². The summed E-state index contributed by atoms with van der Waals surface area (Å²) in [6, 6.07) is 12.5. The molecule has 3 N–H and O–H groups in total. The van der Waals surface area contributed by atoms with Crippen molar-refractivity contribution in [2.75, 3.05) is 0 Å². The summed E-state index contributed by atoms with van der Waals surface area (Å²) in [6.07, 6.45) is 1.70. The van der Waals surface area contributed by atoms with E-state index in [9.17, 15) is 0 Å². The maximum atomic E-state index is 6.16. The number of pyridine rings is 1. The molecule has 1 aromatic carbocycles. The smallest absolute Gasteiger partial charge is 0.199 e. The van der Waals surface area contributed by atoms with E-state index in [4.69, 9.17) is 17.3 Å². The number of aromatic nitrogens is 4. The highest BCUT2D eigenvalue weighted by molar-refractivity contribution is 6.30. The molecular weight excluding hydrogens is 274 g/mol. The van der Waals surface area contributed by atoms with Crippen LogP contribution in [0.5, 0.6) is 0 Å². The second-order valence-corrected chi connectivity index (χ2v) is 4.72. The molecule has 2 aromatic heterocycles. The van der Waals surface area contributed by atoms with Gasteiger partial charge in [-0.25, -0.2) is 4.98 Å². The molecule has 3 rings (SSSR count). The molecule has 0 aliphatic rings. The number of benzene rings is 1. The van der Waals surface area contributed by atoms with Crippen molar-refractivity contribution in [1.29, 1.82) is 0 Å². The number of nitrogens with zero attached hydrogens (tertiary/aromatic N) is 3. The van der Waals surface area contributed by atoms with Gasteiger partial charge in [0.15, 0.2) is 5.82 Å². The minimum Gasteiger partial charge on any atom is -0.318 e. The number of H-pyrrole nitrogens is 1. The van der Waals surface area contributed by atoms with Crippen molar-refractivity contribution in [2.45, 2.75) is 6.04 Å². The molecule has 20 heavy (non-hydrogen) atoms. The molecule has 6 heteroatoms.